The third-order valence-corrected chi connectivity index (χ3v) is 6.74. The SMILES string of the molecule is CC1CC(c2ccccc2)Nc2c(C(=O)CC(C)(C)Cc3ccc4ccccc4c3)cnn21. The van der Waals surface area contributed by atoms with E-state index in [9.17, 15) is 4.79 Å². The first-order valence-electron chi connectivity index (χ1n) is 11.8. The number of hydrogen-bond acceptors (Lipinski definition) is 3. The van der Waals surface area contributed by atoms with Crippen molar-refractivity contribution in [3.8, 4) is 0 Å². The van der Waals surface area contributed by atoms with E-state index in [1.807, 2.05) is 10.7 Å². The second-order valence-corrected chi connectivity index (χ2v) is 10.2. The Bertz CT molecular complexity index is 1290. The van der Waals surface area contributed by atoms with Crippen LogP contribution in [0, 0.1) is 5.41 Å². The van der Waals surface area contributed by atoms with Gasteiger partial charge in [0.15, 0.2) is 5.78 Å². The molecule has 0 radical (unpaired) electrons. The second kappa shape index (κ2) is 8.51. The molecule has 0 bridgehead atoms. The van der Waals surface area contributed by atoms with Crippen molar-refractivity contribution in [2.24, 2.45) is 5.41 Å². The first-order chi connectivity index (χ1) is 15.9. The molecule has 2 heterocycles. The number of anilines is 1. The molecule has 0 spiro atoms. The van der Waals surface area contributed by atoms with Crippen LogP contribution in [0.3, 0.4) is 0 Å². The summed E-state index contributed by atoms with van der Waals surface area (Å²) >= 11 is 0. The van der Waals surface area contributed by atoms with Crippen molar-refractivity contribution in [3.05, 3.63) is 95.7 Å². The maximum absolute atomic E-state index is 13.5. The lowest BCUT2D eigenvalue weighted by atomic mass is 9.80. The van der Waals surface area contributed by atoms with Gasteiger partial charge in [0.1, 0.15) is 5.82 Å². The Morgan fingerprint density at radius 3 is 2.55 bits per heavy atom. The van der Waals surface area contributed by atoms with Crippen LogP contribution in [0.25, 0.3) is 10.8 Å². The molecule has 0 aliphatic carbocycles. The summed E-state index contributed by atoms with van der Waals surface area (Å²) in [5.41, 5.74) is 3.05. The van der Waals surface area contributed by atoms with Gasteiger partial charge in [-0.1, -0.05) is 86.6 Å². The van der Waals surface area contributed by atoms with Gasteiger partial charge in [0.2, 0.25) is 0 Å². The first kappa shape index (κ1) is 21.4. The molecule has 4 aromatic rings. The van der Waals surface area contributed by atoms with E-state index in [4.69, 9.17) is 0 Å². The molecule has 4 nitrogen and oxygen atoms in total. The molecular formula is C29H31N3O. The molecule has 0 saturated heterocycles. The van der Waals surface area contributed by atoms with Crippen molar-refractivity contribution in [3.63, 3.8) is 0 Å². The summed E-state index contributed by atoms with van der Waals surface area (Å²) in [5.74, 6) is 1.00. The van der Waals surface area contributed by atoms with Gasteiger partial charge >= 0.3 is 0 Å². The number of nitrogens with zero attached hydrogens (tertiary/aromatic N) is 2. The maximum Gasteiger partial charge on any atom is 0.168 e. The highest BCUT2D eigenvalue weighted by Gasteiger charge is 2.31. The molecule has 4 heteroatoms. The fraction of sp³-hybridized carbons (Fsp3) is 0.310. The lowest BCUT2D eigenvalue weighted by Gasteiger charge is -2.31. The summed E-state index contributed by atoms with van der Waals surface area (Å²) in [6.07, 6.45) is 4.02. The Balaban J connectivity index is 1.34. The number of ketones is 1. The fourth-order valence-electron chi connectivity index (χ4n) is 5.11. The van der Waals surface area contributed by atoms with Crippen molar-refractivity contribution in [2.45, 2.75) is 52.1 Å². The van der Waals surface area contributed by atoms with Gasteiger partial charge in [-0.15, -0.1) is 0 Å². The standard InChI is InChI=1S/C29H31N3O/c1-20-15-26(23-10-5-4-6-11-23)31-28-25(19-30-32(20)28)27(33)18-29(2,3)17-21-13-14-22-9-7-8-12-24(22)16-21/h4-14,16,19-20,26,31H,15,17-18H2,1-3H3. The molecule has 3 aromatic carbocycles. The number of Topliss-reactive ketones (excluding diaryl/α,β-unsaturated/α-hetero) is 1. The highest BCUT2D eigenvalue weighted by Crippen LogP contribution is 2.38. The Hall–Kier alpha value is -3.40. The normalized spacial score (nSPS) is 18.0. The van der Waals surface area contributed by atoms with E-state index < -0.39 is 0 Å². The summed E-state index contributed by atoms with van der Waals surface area (Å²) in [5, 5.41) is 10.7. The third-order valence-electron chi connectivity index (χ3n) is 6.74. The van der Waals surface area contributed by atoms with Crippen LogP contribution in [-0.4, -0.2) is 15.6 Å². The summed E-state index contributed by atoms with van der Waals surface area (Å²) in [6.45, 7) is 6.53. The van der Waals surface area contributed by atoms with E-state index >= 15 is 0 Å². The van der Waals surface area contributed by atoms with E-state index in [1.165, 1.54) is 21.9 Å². The van der Waals surface area contributed by atoms with E-state index in [1.54, 1.807) is 6.20 Å². The predicted molar refractivity (Wildman–Crippen MR) is 135 cm³/mol. The molecular weight excluding hydrogens is 406 g/mol. The van der Waals surface area contributed by atoms with Gasteiger partial charge in [-0.25, -0.2) is 4.68 Å². The van der Waals surface area contributed by atoms with Crippen molar-refractivity contribution < 1.29 is 4.79 Å². The average molecular weight is 438 g/mol. The van der Waals surface area contributed by atoms with E-state index in [-0.39, 0.29) is 23.3 Å². The number of benzene rings is 3. The predicted octanol–water partition coefficient (Wildman–Crippen LogP) is 7.00. The number of fused-ring (bicyclic) bond motifs is 2. The number of rotatable bonds is 6. The van der Waals surface area contributed by atoms with Crippen LogP contribution >= 0.6 is 0 Å². The topological polar surface area (TPSA) is 46.9 Å². The smallest absolute Gasteiger partial charge is 0.168 e. The minimum absolute atomic E-state index is 0.149. The highest BCUT2D eigenvalue weighted by atomic mass is 16.1. The largest absolute Gasteiger partial charge is 0.363 e. The molecule has 2 unspecified atom stereocenters. The van der Waals surface area contributed by atoms with Gasteiger partial charge in [-0.3, -0.25) is 4.79 Å². The molecule has 1 N–H and O–H groups in total. The number of carbonyl (C=O) groups excluding carboxylic acids is 1. The highest BCUT2D eigenvalue weighted by molar-refractivity contribution is 6.01. The van der Waals surface area contributed by atoms with Crippen LogP contribution < -0.4 is 5.32 Å². The molecule has 0 saturated carbocycles. The van der Waals surface area contributed by atoms with Gasteiger partial charge in [-0.2, -0.15) is 5.10 Å². The van der Waals surface area contributed by atoms with Crippen molar-refractivity contribution in [1.82, 2.24) is 9.78 Å². The van der Waals surface area contributed by atoms with E-state index in [0.29, 0.717) is 12.0 Å². The zero-order valence-corrected chi connectivity index (χ0v) is 19.6. The summed E-state index contributed by atoms with van der Waals surface area (Å²) < 4.78 is 1.98. The molecule has 33 heavy (non-hydrogen) atoms. The minimum Gasteiger partial charge on any atom is -0.363 e. The molecule has 0 fully saturated rings. The minimum atomic E-state index is -0.159. The lowest BCUT2D eigenvalue weighted by molar-refractivity contribution is 0.0931. The second-order valence-electron chi connectivity index (χ2n) is 10.2. The molecule has 1 aromatic heterocycles. The van der Waals surface area contributed by atoms with Crippen LogP contribution in [0.15, 0.2) is 79.0 Å². The average Bonchev–Trinajstić information content (AvgIpc) is 3.24. The quantitative estimate of drug-likeness (QED) is 0.331. The fourth-order valence-corrected chi connectivity index (χ4v) is 5.11. The summed E-state index contributed by atoms with van der Waals surface area (Å²) in [6, 6.07) is 25.9. The van der Waals surface area contributed by atoms with Gasteiger partial charge < -0.3 is 5.32 Å². The monoisotopic (exact) mass is 437 g/mol. The molecule has 168 valence electrons. The zero-order chi connectivity index (χ0) is 23.0. The Kier molecular flexibility index (Phi) is 5.53. The van der Waals surface area contributed by atoms with Crippen LogP contribution in [0.2, 0.25) is 0 Å². The maximum atomic E-state index is 13.5. The van der Waals surface area contributed by atoms with Gasteiger partial charge in [0.25, 0.3) is 0 Å². The Morgan fingerprint density at radius 2 is 1.76 bits per heavy atom. The van der Waals surface area contributed by atoms with Crippen LogP contribution in [0.5, 0.6) is 0 Å². The zero-order valence-electron chi connectivity index (χ0n) is 19.6. The van der Waals surface area contributed by atoms with Crippen molar-refractivity contribution in [1.29, 1.82) is 0 Å². The molecule has 2 atom stereocenters. The van der Waals surface area contributed by atoms with Crippen LogP contribution in [-0.2, 0) is 6.42 Å². The Morgan fingerprint density at radius 1 is 1.03 bits per heavy atom. The first-order valence-corrected chi connectivity index (χ1v) is 11.8. The molecule has 0 amide bonds. The number of aromatic nitrogens is 2. The van der Waals surface area contributed by atoms with E-state index in [2.05, 4.69) is 97.9 Å². The lowest BCUT2D eigenvalue weighted by Crippen LogP contribution is -2.27. The third kappa shape index (κ3) is 4.43. The van der Waals surface area contributed by atoms with Gasteiger partial charge in [0, 0.05) is 6.42 Å². The van der Waals surface area contributed by atoms with Crippen LogP contribution in [0.1, 0.15) is 67.2 Å². The molecule has 5 rings (SSSR count). The molecule has 1 aliphatic heterocycles. The summed E-state index contributed by atoms with van der Waals surface area (Å²) in [4.78, 5) is 13.5. The van der Waals surface area contributed by atoms with Crippen LogP contribution in [0.4, 0.5) is 5.82 Å². The number of carbonyl (C=O) groups is 1. The summed E-state index contributed by atoms with van der Waals surface area (Å²) in [7, 11) is 0. The van der Waals surface area contributed by atoms with Crippen molar-refractivity contribution in [2.75, 3.05) is 5.32 Å². The van der Waals surface area contributed by atoms with E-state index in [0.717, 1.165) is 18.7 Å². The van der Waals surface area contributed by atoms with Gasteiger partial charge in [0.05, 0.1) is 23.8 Å². The number of nitrogens with one attached hydrogen (secondary N) is 1. The van der Waals surface area contributed by atoms with Crippen molar-refractivity contribution >= 4 is 22.4 Å². The van der Waals surface area contributed by atoms with Gasteiger partial charge in [-0.05, 0) is 47.1 Å². The molecule has 1 aliphatic rings. The Labute approximate surface area is 195 Å². The number of hydrogen-bond donors (Lipinski definition) is 1.